The van der Waals surface area contributed by atoms with Crippen molar-refractivity contribution < 1.29 is 9.63 Å². The summed E-state index contributed by atoms with van der Waals surface area (Å²) in [5.74, 6) is 1.64. The zero-order valence-corrected chi connectivity index (χ0v) is 13.9. The van der Waals surface area contributed by atoms with Gasteiger partial charge in [0.15, 0.2) is 5.82 Å². The molecular weight excluding hydrogens is 290 g/mol. The van der Waals surface area contributed by atoms with Crippen molar-refractivity contribution >= 4 is 0 Å². The smallest absolute Gasteiger partial charge is 0.244 e. The highest BCUT2D eigenvalue weighted by Gasteiger charge is 2.35. The van der Waals surface area contributed by atoms with Gasteiger partial charge in [0.25, 0.3) is 0 Å². The maximum absolute atomic E-state index is 10.0. The standard InChI is InChI=1S/C18H25N3O2/c1-13(2)17-19-18(23-20-17)16-11-15(22)12-21(16)10-6-9-14-7-4-3-5-8-14/h3-5,7-8,13,15-16,22H,6,9-12H2,1-2H3/t15-,16+/m1/s1. The maximum Gasteiger partial charge on any atom is 0.244 e. The Morgan fingerprint density at radius 1 is 1.30 bits per heavy atom. The van der Waals surface area contributed by atoms with Gasteiger partial charge in [-0.1, -0.05) is 49.3 Å². The minimum Gasteiger partial charge on any atom is -0.392 e. The molecule has 2 heterocycles. The normalized spacial score (nSPS) is 22.1. The molecule has 0 radical (unpaired) electrons. The SMILES string of the molecule is CC(C)c1noc([C@@H]2C[C@@H](O)CN2CCCc2ccccc2)n1. The van der Waals surface area contributed by atoms with Gasteiger partial charge in [-0.25, -0.2) is 0 Å². The third kappa shape index (κ3) is 3.98. The van der Waals surface area contributed by atoms with Crippen LogP contribution in [-0.2, 0) is 6.42 Å². The largest absolute Gasteiger partial charge is 0.392 e. The van der Waals surface area contributed by atoms with Gasteiger partial charge in [0.1, 0.15) is 0 Å². The first-order valence-electron chi connectivity index (χ1n) is 8.43. The summed E-state index contributed by atoms with van der Waals surface area (Å²) < 4.78 is 5.44. The molecule has 5 heteroatoms. The first-order chi connectivity index (χ1) is 11.1. The van der Waals surface area contributed by atoms with Crippen LogP contribution in [-0.4, -0.2) is 39.3 Å². The summed E-state index contributed by atoms with van der Waals surface area (Å²) in [5.41, 5.74) is 1.35. The summed E-state index contributed by atoms with van der Waals surface area (Å²) in [4.78, 5) is 6.78. The first kappa shape index (κ1) is 16.1. The minimum absolute atomic E-state index is 0.0424. The summed E-state index contributed by atoms with van der Waals surface area (Å²) in [6, 6.07) is 10.5. The number of hydrogen-bond donors (Lipinski definition) is 1. The van der Waals surface area contributed by atoms with Crippen LogP contribution in [0.2, 0.25) is 0 Å². The number of aromatic nitrogens is 2. The lowest BCUT2D eigenvalue weighted by Gasteiger charge is -2.21. The van der Waals surface area contributed by atoms with Gasteiger partial charge in [-0.3, -0.25) is 4.90 Å². The fourth-order valence-corrected chi connectivity index (χ4v) is 3.13. The number of β-amino-alcohol motifs (C(OH)–C–C–N with tert-alkyl or cyclic N) is 1. The second-order valence-electron chi connectivity index (χ2n) is 6.63. The predicted molar refractivity (Wildman–Crippen MR) is 88.1 cm³/mol. The van der Waals surface area contributed by atoms with Gasteiger partial charge in [0.2, 0.25) is 5.89 Å². The Balaban J connectivity index is 1.60. The van der Waals surface area contributed by atoms with Gasteiger partial charge >= 0.3 is 0 Å². The van der Waals surface area contributed by atoms with Gasteiger partial charge < -0.3 is 9.63 Å². The molecular formula is C18H25N3O2. The molecule has 1 aromatic heterocycles. The maximum atomic E-state index is 10.0. The van der Waals surface area contributed by atoms with Crippen LogP contribution in [0.5, 0.6) is 0 Å². The summed E-state index contributed by atoms with van der Waals surface area (Å²) in [6.07, 6.45) is 2.45. The van der Waals surface area contributed by atoms with Crippen molar-refractivity contribution in [1.29, 1.82) is 0 Å². The second kappa shape index (κ2) is 7.23. The van der Waals surface area contributed by atoms with Crippen LogP contribution in [0.1, 0.15) is 55.9 Å². The fourth-order valence-electron chi connectivity index (χ4n) is 3.13. The van der Waals surface area contributed by atoms with Crippen molar-refractivity contribution in [3.63, 3.8) is 0 Å². The van der Waals surface area contributed by atoms with Crippen LogP contribution in [0.3, 0.4) is 0 Å². The molecule has 0 spiro atoms. The average molecular weight is 315 g/mol. The van der Waals surface area contributed by atoms with E-state index in [1.165, 1.54) is 5.56 Å². The predicted octanol–water partition coefficient (Wildman–Crippen LogP) is 2.93. The molecule has 2 aromatic rings. The Bertz CT molecular complexity index is 612. The number of aryl methyl sites for hydroxylation is 1. The van der Waals surface area contributed by atoms with Crippen LogP contribution in [0.25, 0.3) is 0 Å². The molecule has 1 N–H and O–H groups in total. The highest BCUT2D eigenvalue weighted by Crippen LogP contribution is 2.31. The van der Waals surface area contributed by atoms with Crippen molar-refractivity contribution in [3.8, 4) is 0 Å². The minimum atomic E-state index is -0.314. The quantitative estimate of drug-likeness (QED) is 0.888. The highest BCUT2D eigenvalue weighted by atomic mass is 16.5. The molecule has 2 atom stereocenters. The Kier molecular flexibility index (Phi) is 5.08. The van der Waals surface area contributed by atoms with Crippen LogP contribution in [0.15, 0.2) is 34.9 Å². The van der Waals surface area contributed by atoms with Crippen LogP contribution in [0, 0.1) is 0 Å². The van der Waals surface area contributed by atoms with Gasteiger partial charge in [-0.15, -0.1) is 0 Å². The van der Waals surface area contributed by atoms with Crippen molar-refractivity contribution in [2.45, 2.75) is 51.2 Å². The number of nitrogens with zero attached hydrogens (tertiary/aromatic N) is 3. The number of aliphatic hydroxyl groups is 1. The second-order valence-corrected chi connectivity index (χ2v) is 6.63. The number of aliphatic hydroxyl groups excluding tert-OH is 1. The van der Waals surface area contributed by atoms with E-state index in [0.29, 0.717) is 18.9 Å². The average Bonchev–Trinajstić information content (AvgIpc) is 3.15. The molecule has 0 unspecified atom stereocenters. The van der Waals surface area contributed by atoms with Crippen molar-refractivity contribution in [2.75, 3.05) is 13.1 Å². The molecule has 1 aliphatic rings. The van der Waals surface area contributed by atoms with E-state index >= 15 is 0 Å². The van der Waals surface area contributed by atoms with E-state index in [9.17, 15) is 5.11 Å². The van der Waals surface area contributed by atoms with Gasteiger partial charge in [0, 0.05) is 12.5 Å². The van der Waals surface area contributed by atoms with Crippen LogP contribution >= 0.6 is 0 Å². The molecule has 0 aliphatic carbocycles. The topological polar surface area (TPSA) is 62.4 Å². The van der Waals surface area contributed by atoms with Crippen molar-refractivity contribution in [2.24, 2.45) is 0 Å². The van der Waals surface area contributed by atoms with E-state index in [0.717, 1.165) is 25.2 Å². The van der Waals surface area contributed by atoms with Crippen molar-refractivity contribution in [3.05, 3.63) is 47.6 Å². The third-order valence-corrected chi connectivity index (χ3v) is 4.39. The molecule has 1 saturated heterocycles. The van der Waals surface area contributed by atoms with Crippen LogP contribution < -0.4 is 0 Å². The van der Waals surface area contributed by atoms with E-state index in [1.54, 1.807) is 0 Å². The monoisotopic (exact) mass is 315 g/mol. The zero-order valence-electron chi connectivity index (χ0n) is 13.9. The Morgan fingerprint density at radius 2 is 2.09 bits per heavy atom. The van der Waals surface area contributed by atoms with E-state index < -0.39 is 0 Å². The lowest BCUT2D eigenvalue weighted by molar-refractivity contribution is 0.172. The molecule has 0 amide bonds. The molecule has 3 rings (SSSR count). The van der Waals surface area contributed by atoms with E-state index in [2.05, 4.69) is 53.2 Å². The third-order valence-electron chi connectivity index (χ3n) is 4.39. The lowest BCUT2D eigenvalue weighted by atomic mass is 10.1. The summed E-state index contributed by atoms with van der Waals surface area (Å²) in [6.45, 7) is 5.71. The first-order valence-corrected chi connectivity index (χ1v) is 8.43. The number of hydrogen-bond acceptors (Lipinski definition) is 5. The number of benzene rings is 1. The Hall–Kier alpha value is -1.72. The highest BCUT2D eigenvalue weighted by molar-refractivity contribution is 5.14. The van der Waals surface area contributed by atoms with Gasteiger partial charge in [-0.05, 0) is 31.4 Å². The van der Waals surface area contributed by atoms with Gasteiger partial charge in [0.05, 0.1) is 12.1 Å². The van der Waals surface area contributed by atoms with E-state index in [4.69, 9.17) is 4.52 Å². The molecule has 124 valence electrons. The Labute approximate surface area is 137 Å². The van der Waals surface area contributed by atoms with Crippen LogP contribution in [0.4, 0.5) is 0 Å². The molecule has 1 fully saturated rings. The molecule has 23 heavy (non-hydrogen) atoms. The summed E-state index contributed by atoms with van der Waals surface area (Å²) >= 11 is 0. The molecule has 0 bridgehead atoms. The summed E-state index contributed by atoms with van der Waals surface area (Å²) in [7, 11) is 0. The lowest BCUT2D eigenvalue weighted by Crippen LogP contribution is -2.26. The number of rotatable bonds is 6. The summed E-state index contributed by atoms with van der Waals surface area (Å²) in [5, 5.41) is 14.1. The fraction of sp³-hybridized carbons (Fsp3) is 0.556. The zero-order chi connectivity index (χ0) is 16.2. The Morgan fingerprint density at radius 3 is 2.78 bits per heavy atom. The van der Waals surface area contributed by atoms with E-state index in [-0.39, 0.29) is 18.1 Å². The number of likely N-dealkylation sites (tertiary alicyclic amines) is 1. The van der Waals surface area contributed by atoms with Crippen molar-refractivity contribution in [1.82, 2.24) is 15.0 Å². The molecule has 1 aliphatic heterocycles. The molecule has 0 saturated carbocycles. The van der Waals surface area contributed by atoms with E-state index in [1.807, 2.05) is 6.07 Å². The van der Waals surface area contributed by atoms with Gasteiger partial charge in [-0.2, -0.15) is 4.98 Å². The molecule has 5 nitrogen and oxygen atoms in total. The molecule has 1 aromatic carbocycles.